The lowest BCUT2D eigenvalue weighted by atomic mass is 10.2. The van der Waals surface area contributed by atoms with Crippen molar-refractivity contribution in [2.75, 3.05) is 14.2 Å². The predicted molar refractivity (Wildman–Crippen MR) is 51.2 cm³/mol. The van der Waals surface area contributed by atoms with Crippen molar-refractivity contribution in [2.24, 2.45) is 0 Å². The van der Waals surface area contributed by atoms with Gasteiger partial charge in [0, 0.05) is 5.56 Å². The molecular formula is C10H10N2O3. The molecule has 0 aliphatic rings. The molecular weight excluding hydrogens is 196 g/mol. The van der Waals surface area contributed by atoms with E-state index in [1.807, 2.05) is 6.07 Å². The highest BCUT2D eigenvalue weighted by atomic mass is 16.5. The highest BCUT2D eigenvalue weighted by Crippen LogP contribution is 2.16. The van der Waals surface area contributed by atoms with Crippen LogP contribution < -0.4 is 4.74 Å². The molecule has 0 aliphatic heterocycles. The number of carbonyl (C=O) groups is 1. The molecule has 0 spiro atoms. The lowest BCUT2D eigenvalue weighted by Gasteiger charge is -2.05. The average molecular weight is 206 g/mol. The smallest absolute Gasteiger partial charge is 0.310 e. The molecule has 0 saturated heterocycles. The van der Waals surface area contributed by atoms with Gasteiger partial charge in [-0.25, -0.2) is 4.98 Å². The number of hydrogen-bond acceptors (Lipinski definition) is 5. The van der Waals surface area contributed by atoms with Crippen molar-refractivity contribution in [3.63, 3.8) is 0 Å². The van der Waals surface area contributed by atoms with E-state index in [0.717, 1.165) is 0 Å². The Labute approximate surface area is 87.3 Å². The SMILES string of the molecule is COC(=O)Cc1ccc(C#N)nc1OC. The van der Waals surface area contributed by atoms with E-state index in [0.29, 0.717) is 5.56 Å². The van der Waals surface area contributed by atoms with Gasteiger partial charge in [0.1, 0.15) is 11.8 Å². The molecule has 0 aromatic carbocycles. The van der Waals surface area contributed by atoms with Crippen LogP contribution in [0.25, 0.3) is 0 Å². The second-order valence-electron chi connectivity index (χ2n) is 2.73. The normalized spacial score (nSPS) is 9.13. The summed E-state index contributed by atoms with van der Waals surface area (Å²) < 4.78 is 9.49. The van der Waals surface area contributed by atoms with E-state index >= 15 is 0 Å². The fourth-order valence-corrected chi connectivity index (χ4v) is 1.07. The van der Waals surface area contributed by atoms with Crippen LogP contribution in [0.4, 0.5) is 0 Å². The van der Waals surface area contributed by atoms with Crippen LogP contribution in [-0.4, -0.2) is 25.2 Å². The van der Waals surface area contributed by atoms with E-state index in [-0.39, 0.29) is 24.0 Å². The van der Waals surface area contributed by atoms with Crippen LogP contribution in [0.2, 0.25) is 0 Å². The zero-order chi connectivity index (χ0) is 11.3. The van der Waals surface area contributed by atoms with Crippen molar-refractivity contribution in [3.8, 4) is 11.9 Å². The first-order valence-electron chi connectivity index (χ1n) is 4.22. The molecule has 1 rings (SSSR count). The van der Waals surface area contributed by atoms with Crippen molar-refractivity contribution < 1.29 is 14.3 Å². The third-order valence-electron chi connectivity index (χ3n) is 1.81. The van der Waals surface area contributed by atoms with Gasteiger partial charge in [0.25, 0.3) is 0 Å². The molecule has 0 saturated carbocycles. The van der Waals surface area contributed by atoms with E-state index in [4.69, 9.17) is 10.00 Å². The number of ether oxygens (including phenoxy) is 2. The summed E-state index contributed by atoms with van der Waals surface area (Å²) in [7, 11) is 2.75. The number of pyridine rings is 1. The van der Waals surface area contributed by atoms with Gasteiger partial charge in [-0.05, 0) is 6.07 Å². The minimum Gasteiger partial charge on any atom is -0.481 e. The van der Waals surface area contributed by atoms with E-state index in [1.54, 1.807) is 6.07 Å². The molecule has 78 valence electrons. The van der Waals surface area contributed by atoms with E-state index in [1.165, 1.54) is 20.3 Å². The molecule has 5 nitrogen and oxygen atoms in total. The van der Waals surface area contributed by atoms with Crippen molar-refractivity contribution in [1.82, 2.24) is 4.98 Å². The first-order chi connectivity index (χ1) is 7.21. The fraction of sp³-hybridized carbons (Fsp3) is 0.300. The van der Waals surface area contributed by atoms with Crippen LogP contribution in [-0.2, 0) is 16.0 Å². The van der Waals surface area contributed by atoms with Gasteiger partial charge in [-0.1, -0.05) is 6.07 Å². The van der Waals surface area contributed by atoms with Gasteiger partial charge in [0.2, 0.25) is 5.88 Å². The van der Waals surface area contributed by atoms with Gasteiger partial charge in [-0.2, -0.15) is 5.26 Å². The van der Waals surface area contributed by atoms with Gasteiger partial charge in [-0.3, -0.25) is 4.79 Å². The summed E-state index contributed by atoms with van der Waals surface area (Å²) >= 11 is 0. The topological polar surface area (TPSA) is 72.2 Å². The highest BCUT2D eigenvalue weighted by molar-refractivity contribution is 5.73. The summed E-state index contributed by atoms with van der Waals surface area (Å²) in [5, 5.41) is 8.62. The van der Waals surface area contributed by atoms with Gasteiger partial charge in [-0.15, -0.1) is 0 Å². The summed E-state index contributed by atoms with van der Waals surface area (Å²) in [6, 6.07) is 5.04. The number of hydrogen-bond donors (Lipinski definition) is 0. The second kappa shape index (κ2) is 4.96. The zero-order valence-electron chi connectivity index (χ0n) is 8.48. The number of nitrogens with zero attached hydrogens (tertiary/aromatic N) is 2. The second-order valence-corrected chi connectivity index (χ2v) is 2.73. The quantitative estimate of drug-likeness (QED) is 0.680. The van der Waals surface area contributed by atoms with Crippen LogP contribution in [0.3, 0.4) is 0 Å². The van der Waals surface area contributed by atoms with Crippen molar-refractivity contribution in [3.05, 3.63) is 23.4 Å². The van der Waals surface area contributed by atoms with Gasteiger partial charge < -0.3 is 9.47 Å². The Morgan fingerprint density at radius 3 is 2.80 bits per heavy atom. The maximum atomic E-state index is 11.0. The van der Waals surface area contributed by atoms with Crippen LogP contribution in [0.5, 0.6) is 5.88 Å². The summed E-state index contributed by atoms with van der Waals surface area (Å²) in [4.78, 5) is 14.9. The molecule has 0 atom stereocenters. The minimum atomic E-state index is -0.375. The first kappa shape index (κ1) is 11.0. The molecule has 1 aromatic heterocycles. The Bertz CT molecular complexity index is 410. The molecule has 0 fully saturated rings. The lowest BCUT2D eigenvalue weighted by molar-refractivity contribution is -0.139. The highest BCUT2D eigenvalue weighted by Gasteiger charge is 2.10. The van der Waals surface area contributed by atoms with Crippen molar-refractivity contribution >= 4 is 5.97 Å². The van der Waals surface area contributed by atoms with Crippen molar-refractivity contribution in [1.29, 1.82) is 5.26 Å². The number of rotatable bonds is 3. The first-order valence-corrected chi connectivity index (χ1v) is 4.22. The molecule has 5 heteroatoms. The molecule has 0 aliphatic carbocycles. The molecule has 0 radical (unpaired) electrons. The molecule has 0 unspecified atom stereocenters. The molecule has 0 bridgehead atoms. The standard InChI is InChI=1S/C10H10N2O3/c1-14-9(13)5-7-3-4-8(6-11)12-10(7)15-2/h3-4H,5H2,1-2H3. The Morgan fingerprint density at radius 2 is 2.27 bits per heavy atom. The van der Waals surface area contributed by atoms with E-state index in [9.17, 15) is 4.79 Å². The molecule has 0 amide bonds. The van der Waals surface area contributed by atoms with Gasteiger partial charge in [0.05, 0.1) is 20.6 Å². The predicted octanol–water partition coefficient (Wildman–Crippen LogP) is 0.677. The third kappa shape index (κ3) is 2.68. The molecule has 15 heavy (non-hydrogen) atoms. The summed E-state index contributed by atoms with van der Waals surface area (Å²) in [6.45, 7) is 0. The molecule has 1 aromatic rings. The fourth-order valence-electron chi connectivity index (χ4n) is 1.07. The Hall–Kier alpha value is -2.09. The maximum absolute atomic E-state index is 11.0. The molecule has 0 N–H and O–H groups in total. The lowest BCUT2D eigenvalue weighted by Crippen LogP contribution is -2.07. The monoisotopic (exact) mass is 206 g/mol. The van der Waals surface area contributed by atoms with Crippen molar-refractivity contribution in [2.45, 2.75) is 6.42 Å². The van der Waals surface area contributed by atoms with Crippen LogP contribution in [0.1, 0.15) is 11.3 Å². The number of esters is 1. The summed E-state index contributed by atoms with van der Waals surface area (Å²) in [6.07, 6.45) is 0.0817. The number of nitriles is 1. The van der Waals surface area contributed by atoms with Gasteiger partial charge >= 0.3 is 5.97 Å². The average Bonchev–Trinajstić information content (AvgIpc) is 2.29. The van der Waals surface area contributed by atoms with Gasteiger partial charge in [0.15, 0.2) is 0 Å². The van der Waals surface area contributed by atoms with E-state index < -0.39 is 0 Å². The van der Waals surface area contributed by atoms with Crippen LogP contribution >= 0.6 is 0 Å². The maximum Gasteiger partial charge on any atom is 0.310 e. The Kier molecular flexibility index (Phi) is 3.63. The van der Waals surface area contributed by atoms with Crippen LogP contribution in [0.15, 0.2) is 12.1 Å². The van der Waals surface area contributed by atoms with E-state index in [2.05, 4.69) is 9.72 Å². The minimum absolute atomic E-state index is 0.0817. The summed E-state index contributed by atoms with van der Waals surface area (Å²) in [5.41, 5.74) is 0.851. The Morgan fingerprint density at radius 1 is 1.53 bits per heavy atom. The number of methoxy groups -OCH3 is 2. The summed E-state index contributed by atoms with van der Waals surface area (Å²) in [5.74, 6) is -0.0979. The zero-order valence-corrected chi connectivity index (χ0v) is 8.48. The Balaban J connectivity index is 2.98. The largest absolute Gasteiger partial charge is 0.481 e. The van der Waals surface area contributed by atoms with Crippen LogP contribution in [0, 0.1) is 11.3 Å². The number of aromatic nitrogens is 1. The molecule has 1 heterocycles. The number of carbonyl (C=O) groups excluding carboxylic acids is 1. The third-order valence-corrected chi connectivity index (χ3v) is 1.81.